The number of carbonyl (C=O) groups excluding carboxylic acids is 1. The van der Waals surface area contributed by atoms with Gasteiger partial charge in [-0.3, -0.25) is 4.79 Å². The van der Waals surface area contributed by atoms with E-state index in [9.17, 15) is 9.90 Å². The number of rotatable bonds is 2. The number of aromatic nitrogens is 1. The van der Waals surface area contributed by atoms with Gasteiger partial charge in [0.25, 0.3) is 0 Å². The lowest BCUT2D eigenvalue weighted by Crippen LogP contribution is -2.35. The maximum absolute atomic E-state index is 11.9. The fourth-order valence-corrected chi connectivity index (χ4v) is 2.03. The van der Waals surface area contributed by atoms with Crippen LogP contribution in [-0.4, -0.2) is 28.6 Å². The summed E-state index contributed by atoms with van der Waals surface area (Å²) in [4.78, 5) is 16.0. The summed E-state index contributed by atoms with van der Waals surface area (Å²) in [6.45, 7) is 4.48. The highest BCUT2D eigenvalue weighted by atomic mass is 16.3. The maximum atomic E-state index is 11.9. The molecule has 0 saturated carbocycles. The van der Waals surface area contributed by atoms with E-state index in [0.29, 0.717) is 5.56 Å². The van der Waals surface area contributed by atoms with Crippen molar-refractivity contribution in [1.82, 2.24) is 10.3 Å². The highest BCUT2D eigenvalue weighted by Gasteiger charge is 2.23. The van der Waals surface area contributed by atoms with Crippen LogP contribution in [0.1, 0.15) is 24.1 Å². The third-order valence-electron chi connectivity index (χ3n) is 2.93. The van der Waals surface area contributed by atoms with Gasteiger partial charge in [-0.1, -0.05) is 0 Å². The summed E-state index contributed by atoms with van der Waals surface area (Å²) in [6, 6.07) is 1.61. The van der Waals surface area contributed by atoms with Crippen LogP contribution in [0.25, 0.3) is 0 Å². The van der Waals surface area contributed by atoms with Crippen molar-refractivity contribution in [3.8, 4) is 5.75 Å². The molecule has 0 radical (unpaired) electrons. The molecule has 1 aromatic heterocycles. The van der Waals surface area contributed by atoms with Gasteiger partial charge in [-0.05, 0) is 44.9 Å². The maximum Gasteiger partial charge on any atom is 0.242 e. The van der Waals surface area contributed by atoms with Crippen LogP contribution in [0.3, 0.4) is 0 Å². The molecule has 3 N–H and O–H groups in total. The van der Waals surface area contributed by atoms with Gasteiger partial charge in [0.05, 0.1) is 6.04 Å². The van der Waals surface area contributed by atoms with Crippen LogP contribution in [0.15, 0.2) is 6.07 Å². The average molecular weight is 235 g/mol. The first-order chi connectivity index (χ1) is 8.08. The third kappa shape index (κ3) is 2.55. The molecule has 1 aliphatic rings. The Bertz CT molecular complexity index is 440. The number of pyridine rings is 1. The monoisotopic (exact) mass is 235 g/mol. The van der Waals surface area contributed by atoms with Crippen LogP contribution >= 0.6 is 0 Å². The molecule has 1 unspecified atom stereocenters. The molecular weight excluding hydrogens is 218 g/mol. The summed E-state index contributed by atoms with van der Waals surface area (Å²) in [5.74, 6) is 0.165. The number of carbonyl (C=O) groups is 1. The predicted molar refractivity (Wildman–Crippen MR) is 65.0 cm³/mol. The van der Waals surface area contributed by atoms with Crippen molar-refractivity contribution in [2.45, 2.75) is 32.7 Å². The quantitative estimate of drug-likeness (QED) is 0.717. The lowest BCUT2D eigenvalue weighted by atomic mass is 10.2. The molecule has 5 heteroatoms. The Labute approximate surface area is 100 Å². The minimum atomic E-state index is -0.169. The highest BCUT2D eigenvalue weighted by Crippen LogP contribution is 2.25. The van der Waals surface area contributed by atoms with E-state index in [2.05, 4.69) is 15.6 Å². The first kappa shape index (κ1) is 11.9. The molecule has 92 valence electrons. The molecule has 1 saturated heterocycles. The number of hydrogen-bond acceptors (Lipinski definition) is 4. The lowest BCUT2D eigenvalue weighted by molar-refractivity contribution is -0.117. The van der Waals surface area contributed by atoms with Crippen LogP contribution in [-0.2, 0) is 4.79 Å². The topological polar surface area (TPSA) is 74.2 Å². The van der Waals surface area contributed by atoms with E-state index in [1.54, 1.807) is 13.0 Å². The van der Waals surface area contributed by atoms with Crippen LogP contribution in [0.4, 0.5) is 5.82 Å². The Balaban J connectivity index is 2.15. The zero-order valence-electron chi connectivity index (χ0n) is 10.1. The highest BCUT2D eigenvalue weighted by molar-refractivity contribution is 5.95. The molecule has 1 amide bonds. The van der Waals surface area contributed by atoms with Gasteiger partial charge in [0.15, 0.2) is 11.6 Å². The minimum absolute atomic E-state index is 0.0435. The lowest BCUT2D eigenvalue weighted by Gasteiger charge is -2.13. The first-order valence-corrected chi connectivity index (χ1v) is 5.79. The van der Waals surface area contributed by atoms with E-state index in [0.717, 1.165) is 25.1 Å². The zero-order valence-corrected chi connectivity index (χ0v) is 10.1. The summed E-state index contributed by atoms with van der Waals surface area (Å²) in [7, 11) is 0. The number of aromatic hydroxyl groups is 1. The van der Waals surface area contributed by atoms with Gasteiger partial charge in [0, 0.05) is 5.69 Å². The van der Waals surface area contributed by atoms with Crippen LogP contribution in [0.5, 0.6) is 5.75 Å². The number of aryl methyl sites for hydroxylation is 2. The molecule has 2 heterocycles. The number of nitrogens with one attached hydrogen (secondary N) is 2. The Morgan fingerprint density at radius 1 is 1.59 bits per heavy atom. The predicted octanol–water partition coefficient (Wildman–Crippen LogP) is 1.09. The standard InChI is InChI=1S/C12H17N3O2/c1-7-6-8(2)14-11(10(7)16)15-12(17)9-4-3-5-13-9/h6,9,13,16H,3-5H2,1-2H3,(H,14,15,17). The summed E-state index contributed by atoms with van der Waals surface area (Å²) in [5.41, 5.74) is 1.49. The van der Waals surface area contributed by atoms with E-state index < -0.39 is 0 Å². The Hall–Kier alpha value is -1.62. The van der Waals surface area contributed by atoms with Gasteiger partial charge >= 0.3 is 0 Å². The van der Waals surface area contributed by atoms with E-state index >= 15 is 0 Å². The minimum Gasteiger partial charge on any atom is -0.504 e. The molecule has 0 bridgehead atoms. The normalized spacial score (nSPS) is 19.3. The van der Waals surface area contributed by atoms with Crippen LogP contribution < -0.4 is 10.6 Å². The SMILES string of the molecule is Cc1cc(C)c(O)c(NC(=O)C2CCCN2)n1. The summed E-state index contributed by atoms with van der Waals surface area (Å²) >= 11 is 0. The van der Waals surface area contributed by atoms with Crippen molar-refractivity contribution in [3.05, 3.63) is 17.3 Å². The number of hydrogen-bond donors (Lipinski definition) is 3. The smallest absolute Gasteiger partial charge is 0.242 e. The third-order valence-corrected chi connectivity index (χ3v) is 2.93. The van der Waals surface area contributed by atoms with Gasteiger partial charge in [-0.15, -0.1) is 0 Å². The van der Waals surface area contributed by atoms with Gasteiger partial charge in [0.1, 0.15) is 0 Å². The van der Waals surface area contributed by atoms with E-state index in [-0.39, 0.29) is 23.5 Å². The first-order valence-electron chi connectivity index (χ1n) is 5.79. The van der Waals surface area contributed by atoms with Crippen molar-refractivity contribution in [3.63, 3.8) is 0 Å². The number of anilines is 1. The Morgan fingerprint density at radius 3 is 3.00 bits per heavy atom. The fraction of sp³-hybridized carbons (Fsp3) is 0.500. The zero-order chi connectivity index (χ0) is 12.4. The largest absolute Gasteiger partial charge is 0.504 e. The second-order valence-electron chi connectivity index (χ2n) is 4.42. The summed E-state index contributed by atoms with van der Waals surface area (Å²) in [6.07, 6.45) is 1.84. The number of amides is 1. The van der Waals surface area contributed by atoms with E-state index in [4.69, 9.17) is 0 Å². The molecule has 1 aliphatic heterocycles. The Kier molecular flexibility index (Phi) is 3.28. The Morgan fingerprint density at radius 2 is 2.35 bits per heavy atom. The molecule has 0 aromatic carbocycles. The summed E-state index contributed by atoms with van der Waals surface area (Å²) < 4.78 is 0. The van der Waals surface area contributed by atoms with Crippen LogP contribution in [0, 0.1) is 13.8 Å². The average Bonchev–Trinajstić information content (AvgIpc) is 2.78. The fourth-order valence-electron chi connectivity index (χ4n) is 2.03. The van der Waals surface area contributed by atoms with Crippen molar-refractivity contribution in [2.24, 2.45) is 0 Å². The van der Waals surface area contributed by atoms with E-state index in [1.165, 1.54) is 0 Å². The van der Waals surface area contributed by atoms with Crippen molar-refractivity contribution in [2.75, 3.05) is 11.9 Å². The molecule has 1 fully saturated rings. The molecule has 0 spiro atoms. The molecule has 2 rings (SSSR count). The van der Waals surface area contributed by atoms with Gasteiger partial charge in [-0.25, -0.2) is 4.98 Å². The second-order valence-corrected chi connectivity index (χ2v) is 4.42. The molecule has 1 aromatic rings. The van der Waals surface area contributed by atoms with Gasteiger partial charge in [0.2, 0.25) is 5.91 Å². The van der Waals surface area contributed by atoms with Crippen molar-refractivity contribution < 1.29 is 9.90 Å². The molecular formula is C12H17N3O2. The number of nitrogens with zero attached hydrogens (tertiary/aromatic N) is 1. The molecule has 17 heavy (non-hydrogen) atoms. The van der Waals surface area contributed by atoms with Crippen molar-refractivity contribution in [1.29, 1.82) is 0 Å². The van der Waals surface area contributed by atoms with E-state index in [1.807, 2.05) is 6.92 Å². The van der Waals surface area contributed by atoms with Gasteiger partial charge in [-0.2, -0.15) is 0 Å². The molecule has 5 nitrogen and oxygen atoms in total. The summed E-state index contributed by atoms with van der Waals surface area (Å²) in [5, 5.41) is 15.6. The molecule has 1 atom stereocenters. The van der Waals surface area contributed by atoms with Crippen LogP contribution in [0.2, 0.25) is 0 Å². The van der Waals surface area contributed by atoms with Crippen molar-refractivity contribution >= 4 is 11.7 Å². The molecule has 0 aliphatic carbocycles. The second kappa shape index (κ2) is 4.71. The van der Waals surface area contributed by atoms with Gasteiger partial charge < -0.3 is 15.7 Å².